The van der Waals surface area contributed by atoms with Crippen molar-refractivity contribution in [2.45, 2.75) is 34.6 Å². The van der Waals surface area contributed by atoms with Gasteiger partial charge in [0, 0.05) is 23.7 Å². The van der Waals surface area contributed by atoms with Crippen LogP contribution in [0.2, 0.25) is 5.15 Å². The molecule has 2 heterocycles. The number of carbonyl (C=O) groups is 1. The van der Waals surface area contributed by atoms with E-state index in [2.05, 4.69) is 16.0 Å². The second kappa shape index (κ2) is 10.1. The molecule has 0 aliphatic heterocycles. The first-order valence-corrected chi connectivity index (χ1v) is 6.88. The summed E-state index contributed by atoms with van der Waals surface area (Å²) in [6.07, 6.45) is 3.33. The van der Waals surface area contributed by atoms with Crippen molar-refractivity contribution in [3.05, 3.63) is 58.6 Å². The van der Waals surface area contributed by atoms with E-state index in [1.165, 1.54) is 18.7 Å². The van der Waals surface area contributed by atoms with Gasteiger partial charge in [-0.15, -0.1) is 0 Å². The van der Waals surface area contributed by atoms with Gasteiger partial charge in [0.2, 0.25) is 0 Å². The number of hydrogen-bond acceptors (Lipinski definition) is 3. The normalized spacial score (nSPS) is 8.70. The number of hydrogen-bond donors (Lipinski definition) is 0. The molecule has 0 amide bonds. The molecule has 0 saturated carbocycles. The average Bonchev–Trinajstić information content (AvgIpc) is 2.45. The van der Waals surface area contributed by atoms with Crippen LogP contribution in [0.4, 0.5) is 0 Å². The molecule has 0 N–H and O–H groups in total. The molecule has 2 aromatic heterocycles. The molecule has 3 nitrogen and oxygen atoms in total. The van der Waals surface area contributed by atoms with Gasteiger partial charge in [-0.3, -0.25) is 9.78 Å². The second-order valence-electron chi connectivity index (χ2n) is 3.90. The van der Waals surface area contributed by atoms with Crippen molar-refractivity contribution in [2.75, 3.05) is 0 Å². The van der Waals surface area contributed by atoms with Gasteiger partial charge in [-0.1, -0.05) is 31.5 Å². The summed E-state index contributed by atoms with van der Waals surface area (Å²) in [4.78, 5) is 18.5. The SMILES string of the molecule is CC.CC(=O)c1ccc(Cl)nc1.Cc1ccc(C)nc1. The van der Waals surface area contributed by atoms with Crippen molar-refractivity contribution in [1.29, 1.82) is 0 Å². The minimum Gasteiger partial charge on any atom is -0.294 e. The Labute approximate surface area is 126 Å². The van der Waals surface area contributed by atoms with E-state index < -0.39 is 0 Å². The molecule has 108 valence electrons. The van der Waals surface area contributed by atoms with Crippen LogP contribution < -0.4 is 0 Å². The molecular formula is C16H21ClN2O. The number of aryl methyl sites for hydroxylation is 2. The monoisotopic (exact) mass is 292 g/mol. The molecule has 20 heavy (non-hydrogen) atoms. The second-order valence-corrected chi connectivity index (χ2v) is 4.29. The molecule has 2 aromatic rings. The topological polar surface area (TPSA) is 42.9 Å². The average molecular weight is 293 g/mol. The quantitative estimate of drug-likeness (QED) is 0.567. The summed E-state index contributed by atoms with van der Waals surface area (Å²) >= 11 is 5.49. The number of ketones is 1. The molecular weight excluding hydrogens is 272 g/mol. The molecule has 0 aliphatic carbocycles. The van der Waals surface area contributed by atoms with Crippen LogP contribution in [-0.4, -0.2) is 15.8 Å². The lowest BCUT2D eigenvalue weighted by molar-refractivity contribution is 0.101. The highest BCUT2D eigenvalue weighted by molar-refractivity contribution is 6.29. The van der Waals surface area contributed by atoms with E-state index in [4.69, 9.17) is 11.6 Å². The zero-order chi connectivity index (χ0) is 15.5. The van der Waals surface area contributed by atoms with Crippen molar-refractivity contribution < 1.29 is 4.79 Å². The van der Waals surface area contributed by atoms with Crippen molar-refractivity contribution in [2.24, 2.45) is 0 Å². The third-order valence-corrected chi connectivity index (χ3v) is 2.42. The van der Waals surface area contributed by atoms with E-state index in [1.807, 2.05) is 40.0 Å². The minimum atomic E-state index is 0.00386. The fourth-order valence-corrected chi connectivity index (χ4v) is 1.24. The summed E-state index contributed by atoms with van der Waals surface area (Å²) < 4.78 is 0. The van der Waals surface area contributed by atoms with E-state index in [9.17, 15) is 4.79 Å². The van der Waals surface area contributed by atoms with Gasteiger partial charge < -0.3 is 0 Å². The lowest BCUT2D eigenvalue weighted by atomic mass is 10.2. The fraction of sp³-hybridized carbons (Fsp3) is 0.312. The molecule has 0 unspecified atom stereocenters. The van der Waals surface area contributed by atoms with Gasteiger partial charge in [0.05, 0.1) is 0 Å². The highest BCUT2D eigenvalue weighted by Gasteiger charge is 1.97. The number of halogens is 1. The Kier molecular flexibility index (Phi) is 9.22. The minimum absolute atomic E-state index is 0.00386. The molecule has 4 heteroatoms. The van der Waals surface area contributed by atoms with Gasteiger partial charge in [-0.25, -0.2) is 4.98 Å². The molecule has 0 spiro atoms. The van der Waals surface area contributed by atoms with Crippen LogP contribution in [0.3, 0.4) is 0 Å². The van der Waals surface area contributed by atoms with Crippen LogP contribution >= 0.6 is 11.6 Å². The zero-order valence-electron chi connectivity index (χ0n) is 12.6. The number of Topliss-reactive ketones (excluding diaryl/α,β-unsaturated/α-hetero) is 1. The van der Waals surface area contributed by atoms with Crippen molar-refractivity contribution in [3.63, 3.8) is 0 Å². The van der Waals surface area contributed by atoms with Crippen LogP contribution in [0.15, 0.2) is 36.7 Å². The third-order valence-electron chi connectivity index (χ3n) is 2.19. The Hall–Kier alpha value is -1.74. The predicted octanol–water partition coefficient (Wildman–Crippen LogP) is 4.66. The fourth-order valence-electron chi connectivity index (χ4n) is 1.13. The molecule has 0 bridgehead atoms. The van der Waals surface area contributed by atoms with E-state index in [0.29, 0.717) is 10.7 Å². The third kappa shape index (κ3) is 7.64. The van der Waals surface area contributed by atoms with E-state index in [-0.39, 0.29) is 5.78 Å². The van der Waals surface area contributed by atoms with Crippen LogP contribution in [0, 0.1) is 13.8 Å². The van der Waals surface area contributed by atoms with Crippen LogP contribution in [0.25, 0.3) is 0 Å². The maximum Gasteiger partial charge on any atom is 0.161 e. The van der Waals surface area contributed by atoms with Crippen molar-refractivity contribution in [3.8, 4) is 0 Å². The number of nitrogens with zero attached hydrogens (tertiary/aromatic N) is 2. The summed E-state index contributed by atoms with van der Waals surface area (Å²) in [5.74, 6) is 0.00386. The van der Waals surface area contributed by atoms with Gasteiger partial charge in [-0.2, -0.15) is 0 Å². The largest absolute Gasteiger partial charge is 0.294 e. The van der Waals surface area contributed by atoms with Crippen molar-refractivity contribution in [1.82, 2.24) is 9.97 Å². The summed E-state index contributed by atoms with van der Waals surface area (Å²) in [7, 11) is 0. The zero-order valence-corrected chi connectivity index (χ0v) is 13.4. The molecule has 0 aromatic carbocycles. The van der Waals surface area contributed by atoms with Gasteiger partial charge >= 0.3 is 0 Å². The summed E-state index contributed by atoms with van der Waals surface area (Å²) in [6.45, 7) is 9.51. The number of carbonyl (C=O) groups excluding carboxylic acids is 1. The standard InChI is InChI=1S/C7H6ClNO.C7H9N.C2H6/c1-5(10)6-2-3-7(8)9-4-6;1-6-3-4-7(2)8-5-6;1-2/h2-4H,1H3;3-5H,1-2H3;1-2H3. The van der Waals surface area contributed by atoms with E-state index in [0.717, 1.165) is 5.69 Å². The van der Waals surface area contributed by atoms with Crippen LogP contribution in [-0.2, 0) is 0 Å². The van der Waals surface area contributed by atoms with Gasteiger partial charge in [-0.05, 0) is 44.5 Å². The molecule has 0 fully saturated rings. The number of aromatic nitrogens is 2. The first kappa shape index (κ1) is 18.3. The Balaban J connectivity index is 0.000000327. The lowest BCUT2D eigenvalue weighted by Gasteiger charge is -1.91. The molecule has 0 atom stereocenters. The lowest BCUT2D eigenvalue weighted by Crippen LogP contribution is -1.91. The number of pyridine rings is 2. The highest BCUT2D eigenvalue weighted by Crippen LogP contribution is 2.04. The highest BCUT2D eigenvalue weighted by atomic mass is 35.5. The Morgan fingerprint density at radius 1 is 1.00 bits per heavy atom. The van der Waals surface area contributed by atoms with Crippen molar-refractivity contribution >= 4 is 17.4 Å². The Morgan fingerprint density at radius 3 is 2.00 bits per heavy atom. The van der Waals surface area contributed by atoms with E-state index >= 15 is 0 Å². The van der Waals surface area contributed by atoms with E-state index in [1.54, 1.807) is 12.1 Å². The van der Waals surface area contributed by atoms with Gasteiger partial charge in [0.15, 0.2) is 5.78 Å². The van der Waals surface area contributed by atoms with Crippen LogP contribution in [0.5, 0.6) is 0 Å². The van der Waals surface area contributed by atoms with Gasteiger partial charge in [0.25, 0.3) is 0 Å². The molecule has 2 rings (SSSR count). The smallest absolute Gasteiger partial charge is 0.161 e. The number of rotatable bonds is 1. The first-order chi connectivity index (χ1) is 9.49. The van der Waals surface area contributed by atoms with Gasteiger partial charge in [0.1, 0.15) is 5.15 Å². The summed E-state index contributed by atoms with van der Waals surface area (Å²) in [6, 6.07) is 7.31. The Morgan fingerprint density at radius 2 is 1.65 bits per heavy atom. The maximum atomic E-state index is 10.7. The predicted molar refractivity (Wildman–Crippen MR) is 84.3 cm³/mol. The van der Waals surface area contributed by atoms with Crippen LogP contribution in [0.1, 0.15) is 42.4 Å². The maximum absolute atomic E-state index is 10.7. The summed E-state index contributed by atoms with van der Waals surface area (Å²) in [5, 5.41) is 0.407. The first-order valence-electron chi connectivity index (χ1n) is 6.51. The Bertz CT molecular complexity index is 486. The molecule has 0 aliphatic rings. The summed E-state index contributed by atoms with van der Waals surface area (Å²) in [5.41, 5.74) is 2.88. The molecule has 0 radical (unpaired) electrons. The molecule has 0 saturated heterocycles.